The minimum atomic E-state index is -0.119. The van der Waals surface area contributed by atoms with Crippen molar-refractivity contribution in [3.8, 4) is 0 Å². The summed E-state index contributed by atoms with van der Waals surface area (Å²) in [6, 6.07) is 15.3. The van der Waals surface area contributed by atoms with E-state index in [-0.39, 0.29) is 6.03 Å². The number of rotatable bonds is 3. The van der Waals surface area contributed by atoms with Gasteiger partial charge in [-0.2, -0.15) is 0 Å². The third-order valence-electron chi connectivity index (χ3n) is 3.98. The predicted octanol–water partition coefficient (Wildman–Crippen LogP) is 4.69. The average molecular weight is 364 g/mol. The van der Waals surface area contributed by atoms with Gasteiger partial charge >= 0.3 is 6.03 Å². The van der Waals surface area contributed by atoms with Crippen molar-refractivity contribution in [3.05, 3.63) is 64.1 Å². The van der Waals surface area contributed by atoms with Gasteiger partial charge in [0.15, 0.2) is 0 Å². The predicted molar refractivity (Wildman–Crippen MR) is 98.5 cm³/mol. The number of hydrogen-bond acceptors (Lipinski definition) is 2. The largest absolute Gasteiger partial charge is 0.322 e. The van der Waals surface area contributed by atoms with Crippen LogP contribution < -0.4 is 5.32 Å². The van der Waals surface area contributed by atoms with E-state index in [1.807, 2.05) is 23.1 Å². The van der Waals surface area contributed by atoms with Crippen molar-refractivity contribution in [2.24, 2.45) is 0 Å². The first-order valence-electron chi connectivity index (χ1n) is 7.89. The maximum absolute atomic E-state index is 12.5. The van der Waals surface area contributed by atoms with Crippen LogP contribution >= 0.6 is 23.2 Å². The Hall–Kier alpha value is -1.75. The number of carbonyl (C=O) groups is 1. The van der Waals surface area contributed by atoms with Crippen LogP contribution in [0.1, 0.15) is 12.0 Å². The monoisotopic (exact) mass is 363 g/mol. The summed E-state index contributed by atoms with van der Waals surface area (Å²) in [6.07, 6.45) is 0.960. The van der Waals surface area contributed by atoms with Gasteiger partial charge in [-0.3, -0.25) is 4.90 Å². The zero-order chi connectivity index (χ0) is 16.9. The molecule has 1 fully saturated rings. The zero-order valence-electron chi connectivity index (χ0n) is 13.2. The second kappa shape index (κ2) is 7.88. The second-order valence-corrected chi connectivity index (χ2v) is 6.67. The molecule has 1 N–H and O–H groups in total. The minimum absolute atomic E-state index is 0.119. The molecule has 0 unspecified atom stereocenters. The van der Waals surface area contributed by atoms with Gasteiger partial charge in [-0.1, -0.05) is 53.5 Å². The molecule has 1 aliphatic heterocycles. The highest BCUT2D eigenvalue weighted by molar-refractivity contribution is 6.42. The molecule has 0 aromatic heterocycles. The lowest BCUT2D eigenvalue weighted by atomic mass is 10.2. The van der Waals surface area contributed by atoms with E-state index in [9.17, 15) is 4.79 Å². The van der Waals surface area contributed by atoms with Crippen LogP contribution in [0.5, 0.6) is 0 Å². The van der Waals surface area contributed by atoms with Crippen molar-refractivity contribution < 1.29 is 4.79 Å². The lowest BCUT2D eigenvalue weighted by molar-refractivity contribution is 0.105. The summed E-state index contributed by atoms with van der Waals surface area (Å²) < 4.78 is 0. The van der Waals surface area contributed by atoms with Gasteiger partial charge in [-0.05, 0) is 30.2 Å². The van der Waals surface area contributed by atoms with Gasteiger partial charge in [0.05, 0.1) is 16.7 Å². The number of benzene rings is 2. The molecular formula is C18H19Cl2N3O. The average Bonchev–Trinajstić information content (AvgIpc) is 2.59. The van der Waals surface area contributed by atoms with Crippen LogP contribution in [0.4, 0.5) is 10.5 Å². The molecule has 2 aromatic carbocycles. The Bertz CT molecular complexity index is 709. The molecule has 2 amide bonds. The first kappa shape index (κ1) is 17.1. The Balaban J connectivity index is 1.59. The van der Waals surface area contributed by atoms with E-state index in [1.165, 1.54) is 5.56 Å². The lowest BCUT2D eigenvalue weighted by Gasteiger charge is -2.35. The molecule has 4 nitrogen and oxygen atoms in total. The van der Waals surface area contributed by atoms with Crippen molar-refractivity contribution in [3.63, 3.8) is 0 Å². The maximum atomic E-state index is 12.5. The molecule has 24 heavy (non-hydrogen) atoms. The number of nitrogens with one attached hydrogen (secondary N) is 1. The topological polar surface area (TPSA) is 35.6 Å². The van der Waals surface area contributed by atoms with E-state index in [0.717, 1.165) is 26.1 Å². The fourth-order valence-corrected chi connectivity index (χ4v) is 3.08. The van der Waals surface area contributed by atoms with E-state index >= 15 is 0 Å². The van der Waals surface area contributed by atoms with Crippen LogP contribution in [0, 0.1) is 0 Å². The molecule has 6 heteroatoms. The molecule has 0 aliphatic carbocycles. The van der Waals surface area contributed by atoms with E-state index in [4.69, 9.17) is 23.2 Å². The molecule has 0 saturated carbocycles. The first-order chi connectivity index (χ1) is 11.6. The smallest absolute Gasteiger partial charge is 0.311 e. The maximum Gasteiger partial charge on any atom is 0.322 e. The Morgan fingerprint density at radius 3 is 2.58 bits per heavy atom. The molecular weight excluding hydrogens is 345 g/mol. The molecule has 2 aromatic rings. The Kier molecular flexibility index (Phi) is 5.61. The van der Waals surface area contributed by atoms with Crippen molar-refractivity contribution >= 4 is 34.9 Å². The van der Waals surface area contributed by atoms with E-state index in [1.54, 1.807) is 18.2 Å². The van der Waals surface area contributed by atoms with Gasteiger partial charge in [0.1, 0.15) is 0 Å². The van der Waals surface area contributed by atoms with E-state index in [0.29, 0.717) is 22.4 Å². The van der Waals surface area contributed by atoms with Crippen molar-refractivity contribution in [1.29, 1.82) is 0 Å². The van der Waals surface area contributed by atoms with Crippen molar-refractivity contribution in [2.45, 2.75) is 13.0 Å². The molecule has 0 bridgehead atoms. The van der Waals surface area contributed by atoms with Gasteiger partial charge in [0.25, 0.3) is 0 Å². The number of nitrogens with zero attached hydrogens (tertiary/aromatic N) is 2. The van der Waals surface area contributed by atoms with Gasteiger partial charge in [0, 0.05) is 25.3 Å². The summed E-state index contributed by atoms with van der Waals surface area (Å²) in [5, 5.41) is 3.78. The summed E-state index contributed by atoms with van der Waals surface area (Å²) in [5.74, 6) is 0. The number of amides is 2. The quantitative estimate of drug-likeness (QED) is 0.858. The summed E-state index contributed by atoms with van der Waals surface area (Å²) >= 11 is 11.9. The lowest BCUT2D eigenvalue weighted by Crippen LogP contribution is -2.48. The SMILES string of the molecule is O=C(Nc1ccc(Cl)c(Cl)c1)N1CCCN(Cc2ccccc2)C1. The van der Waals surface area contributed by atoms with Gasteiger partial charge < -0.3 is 10.2 Å². The molecule has 3 rings (SSSR count). The number of halogens is 2. The van der Waals surface area contributed by atoms with Crippen molar-refractivity contribution in [2.75, 3.05) is 25.1 Å². The number of carbonyl (C=O) groups excluding carboxylic acids is 1. The van der Waals surface area contributed by atoms with Crippen LogP contribution in [0.2, 0.25) is 10.0 Å². The highest BCUT2D eigenvalue weighted by Gasteiger charge is 2.22. The second-order valence-electron chi connectivity index (χ2n) is 5.86. The van der Waals surface area contributed by atoms with Crippen LogP contribution in [0.3, 0.4) is 0 Å². The summed E-state index contributed by atoms with van der Waals surface area (Å²) in [7, 11) is 0. The molecule has 126 valence electrons. The molecule has 0 radical (unpaired) electrons. The van der Waals surface area contributed by atoms with Crippen LogP contribution in [-0.2, 0) is 6.54 Å². The molecule has 0 spiro atoms. The van der Waals surface area contributed by atoms with Gasteiger partial charge in [-0.15, -0.1) is 0 Å². The zero-order valence-corrected chi connectivity index (χ0v) is 14.7. The number of anilines is 1. The van der Waals surface area contributed by atoms with E-state index < -0.39 is 0 Å². The number of hydrogen-bond donors (Lipinski definition) is 1. The Morgan fingerprint density at radius 1 is 1.04 bits per heavy atom. The third kappa shape index (κ3) is 4.41. The summed E-state index contributed by atoms with van der Waals surface area (Å²) in [5.41, 5.74) is 1.90. The molecule has 1 aliphatic rings. The van der Waals surface area contributed by atoms with Crippen LogP contribution in [0.25, 0.3) is 0 Å². The normalized spacial score (nSPS) is 15.3. The fourth-order valence-electron chi connectivity index (χ4n) is 2.78. The summed E-state index contributed by atoms with van der Waals surface area (Å²) in [4.78, 5) is 16.6. The minimum Gasteiger partial charge on any atom is -0.311 e. The number of urea groups is 1. The van der Waals surface area contributed by atoms with Gasteiger partial charge in [0.2, 0.25) is 0 Å². The molecule has 1 saturated heterocycles. The highest BCUT2D eigenvalue weighted by atomic mass is 35.5. The Labute approximate surface area is 152 Å². The molecule has 0 atom stereocenters. The highest BCUT2D eigenvalue weighted by Crippen LogP contribution is 2.25. The third-order valence-corrected chi connectivity index (χ3v) is 4.72. The Morgan fingerprint density at radius 2 is 1.83 bits per heavy atom. The van der Waals surface area contributed by atoms with Gasteiger partial charge in [-0.25, -0.2) is 4.79 Å². The first-order valence-corrected chi connectivity index (χ1v) is 8.65. The fraction of sp³-hybridized carbons (Fsp3) is 0.278. The standard InChI is InChI=1S/C18H19Cl2N3O/c19-16-8-7-15(11-17(16)20)21-18(24)23-10-4-9-22(13-23)12-14-5-2-1-3-6-14/h1-3,5-8,11H,4,9-10,12-13H2,(H,21,24). The van der Waals surface area contributed by atoms with Crippen LogP contribution in [0.15, 0.2) is 48.5 Å². The van der Waals surface area contributed by atoms with Crippen LogP contribution in [-0.4, -0.2) is 35.6 Å². The summed E-state index contributed by atoms with van der Waals surface area (Å²) in [6.45, 7) is 3.20. The van der Waals surface area contributed by atoms with E-state index in [2.05, 4.69) is 22.3 Å². The molecule has 1 heterocycles. The van der Waals surface area contributed by atoms with Crippen molar-refractivity contribution in [1.82, 2.24) is 9.80 Å².